The van der Waals surface area contributed by atoms with Gasteiger partial charge in [0.15, 0.2) is 5.69 Å². The number of amides is 1. The third kappa shape index (κ3) is 5.31. The van der Waals surface area contributed by atoms with Gasteiger partial charge in [-0.05, 0) is 45.7 Å². The summed E-state index contributed by atoms with van der Waals surface area (Å²) >= 11 is 7.16. The Morgan fingerprint density at radius 2 is 1.85 bits per heavy atom. The molecule has 34 heavy (non-hydrogen) atoms. The summed E-state index contributed by atoms with van der Waals surface area (Å²) in [7, 11) is 0. The fraction of sp³-hybridized carbons (Fsp3) is 0.409. The third-order valence-electron chi connectivity index (χ3n) is 4.92. The molecule has 3 rings (SSSR count). The molecule has 3 heterocycles. The molecule has 10 nitrogen and oxygen atoms in total. The molecular formula is C22H26ClN5O5S. The van der Waals surface area contributed by atoms with Crippen molar-refractivity contribution < 1.29 is 23.9 Å². The quantitative estimate of drug-likeness (QED) is 0.431. The van der Waals surface area contributed by atoms with Gasteiger partial charge in [-0.2, -0.15) is 10.2 Å². The van der Waals surface area contributed by atoms with Crippen LogP contribution in [-0.4, -0.2) is 50.6 Å². The fourth-order valence-electron chi connectivity index (χ4n) is 3.18. The minimum atomic E-state index is -0.617. The van der Waals surface area contributed by atoms with Crippen molar-refractivity contribution in [2.24, 2.45) is 0 Å². The van der Waals surface area contributed by atoms with E-state index in [0.29, 0.717) is 22.7 Å². The Kier molecular flexibility index (Phi) is 8.11. The van der Waals surface area contributed by atoms with E-state index < -0.39 is 17.8 Å². The molecule has 182 valence electrons. The number of nitrogens with zero attached hydrogens (tertiary/aromatic N) is 4. The Hall–Kier alpha value is -3.18. The lowest BCUT2D eigenvalue weighted by Crippen LogP contribution is -2.17. The summed E-state index contributed by atoms with van der Waals surface area (Å²) < 4.78 is 13.6. The van der Waals surface area contributed by atoms with Crippen molar-refractivity contribution in [3.8, 4) is 0 Å². The molecule has 0 aromatic carbocycles. The first-order valence-corrected chi connectivity index (χ1v) is 11.9. The van der Waals surface area contributed by atoms with E-state index in [4.69, 9.17) is 21.1 Å². The van der Waals surface area contributed by atoms with Crippen molar-refractivity contribution in [3.05, 3.63) is 50.4 Å². The zero-order valence-electron chi connectivity index (χ0n) is 19.6. The Labute approximate surface area is 205 Å². The number of carbonyl (C=O) groups is 3. The van der Waals surface area contributed by atoms with Crippen molar-refractivity contribution in [1.29, 1.82) is 0 Å². The molecule has 0 spiro atoms. The number of anilines is 1. The SMILES string of the molecule is CCCOC(=O)c1c(NC(=O)c2ccn(Cn3nc(C)c(Cl)c3C)n2)sc(C(=O)OCC)c1C. The lowest BCUT2D eigenvalue weighted by atomic mass is 10.1. The second kappa shape index (κ2) is 10.8. The van der Waals surface area contributed by atoms with Crippen LogP contribution in [0.4, 0.5) is 5.00 Å². The zero-order chi connectivity index (χ0) is 25.0. The number of esters is 2. The van der Waals surface area contributed by atoms with Gasteiger partial charge in [0.05, 0.1) is 35.2 Å². The summed E-state index contributed by atoms with van der Waals surface area (Å²) in [6, 6.07) is 1.55. The molecule has 0 saturated heterocycles. The van der Waals surface area contributed by atoms with Crippen molar-refractivity contribution in [1.82, 2.24) is 19.6 Å². The van der Waals surface area contributed by atoms with Gasteiger partial charge in [-0.3, -0.25) is 9.48 Å². The molecule has 1 N–H and O–H groups in total. The van der Waals surface area contributed by atoms with Crippen LogP contribution >= 0.6 is 22.9 Å². The molecule has 0 radical (unpaired) electrons. The number of halogens is 1. The van der Waals surface area contributed by atoms with Crippen LogP contribution in [0.2, 0.25) is 5.02 Å². The topological polar surface area (TPSA) is 117 Å². The van der Waals surface area contributed by atoms with E-state index in [2.05, 4.69) is 15.5 Å². The van der Waals surface area contributed by atoms with Gasteiger partial charge in [0.25, 0.3) is 5.91 Å². The van der Waals surface area contributed by atoms with Crippen LogP contribution in [0.1, 0.15) is 67.7 Å². The highest BCUT2D eigenvalue weighted by molar-refractivity contribution is 7.18. The summed E-state index contributed by atoms with van der Waals surface area (Å²) in [5, 5.41) is 12.1. The van der Waals surface area contributed by atoms with Gasteiger partial charge in [0.2, 0.25) is 0 Å². The van der Waals surface area contributed by atoms with Crippen LogP contribution in [-0.2, 0) is 16.1 Å². The number of carbonyl (C=O) groups excluding carboxylic acids is 3. The van der Waals surface area contributed by atoms with Crippen LogP contribution in [0.25, 0.3) is 0 Å². The van der Waals surface area contributed by atoms with Crippen molar-refractivity contribution >= 4 is 45.8 Å². The van der Waals surface area contributed by atoms with Gasteiger partial charge in [-0.15, -0.1) is 11.3 Å². The number of aryl methyl sites for hydroxylation is 1. The minimum Gasteiger partial charge on any atom is -0.462 e. The fourth-order valence-corrected chi connectivity index (χ4v) is 4.40. The van der Waals surface area contributed by atoms with E-state index in [9.17, 15) is 14.4 Å². The molecule has 0 aliphatic carbocycles. The third-order valence-corrected chi connectivity index (χ3v) is 6.66. The van der Waals surface area contributed by atoms with E-state index in [1.54, 1.807) is 35.5 Å². The average molecular weight is 508 g/mol. The van der Waals surface area contributed by atoms with E-state index in [-0.39, 0.29) is 41.0 Å². The second-order valence-electron chi connectivity index (χ2n) is 7.44. The molecule has 0 saturated carbocycles. The Balaban J connectivity index is 1.84. The highest BCUT2D eigenvalue weighted by Gasteiger charge is 2.28. The maximum Gasteiger partial charge on any atom is 0.348 e. The maximum atomic E-state index is 12.9. The lowest BCUT2D eigenvalue weighted by Gasteiger charge is -2.07. The first-order valence-electron chi connectivity index (χ1n) is 10.7. The zero-order valence-corrected chi connectivity index (χ0v) is 21.2. The maximum absolute atomic E-state index is 12.9. The molecule has 3 aromatic rings. The molecule has 0 bridgehead atoms. The van der Waals surface area contributed by atoms with Crippen LogP contribution < -0.4 is 5.32 Å². The predicted octanol–water partition coefficient (Wildman–Crippen LogP) is 4.22. The van der Waals surface area contributed by atoms with Gasteiger partial charge in [0, 0.05) is 6.20 Å². The molecule has 12 heteroatoms. The highest BCUT2D eigenvalue weighted by Crippen LogP contribution is 2.34. The Morgan fingerprint density at radius 3 is 2.47 bits per heavy atom. The lowest BCUT2D eigenvalue weighted by molar-refractivity contribution is 0.0506. The molecule has 3 aromatic heterocycles. The monoisotopic (exact) mass is 507 g/mol. The number of rotatable bonds is 9. The number of thiophene rings is 1. The number of nitrogens with one attached hydrogen (secondary N) is 1. The Morgan fingerprint density at radius 1 is 1.12 bits per heavy atom. The summed E-state index contributed by atoms with van der Waals surface area (Å²) in [6.45, 7) is 9.51. The largest absolute Gasteiger partial charge is 0.462 e. The van der Waals surface area contributed by atoms with Crippen LogP contribution in [0.3, 0.4) is 0 Å². The number of ether oxygens (including phenoxy) is 2. The summed E-state index contributed by atoms with van der Waals surface area (Å²) in [5.41, 5.74) is 2.15. The van der Waals surface area contributed by atoms with Gasteiger partial charge >= 0.3 is 11.9 Å². The smallest absolute Gasteiger partial charge is 0.348 e. The molecule has 0 aliphatic heterocycles. The molecular weight excluding hydrogens is 482 g/mol. The first-order chi connectivity index (χ1) is 16.2. The van der Waals surface area contributed by atoms with Crippen LogP contribution in [0.15, 0.2) is 12.3 Å². The van der Waals surface area contributed by atoms with Crippen molar-refractivity contribution in [2.75, 3.05) is 18.5 Å². The second-order valence-corrected chi connectivity index (χ2v) is 8.84. The summed E-state index contributed by atoms with van der Waals surface area (Å²) in [6.07, 6.45) is 2.28. The highest BCUT2D eigenvalue weighted by atomic mass is 35.5. The molecule has 0 atom stereocenters. The van der Waals surface area contributed by atoms with Crippen molar-refractivity contribution in [2.45, 2.75) is 47.7 Å². The predicted molar refractivity (Wildman–Crippen MR) is 128 cm³/mol. The number of aromatic nitrogens is 4. The van der Waals surface area contributed by atoms with E-state index in [0.717, 1.165) is 17.0 Å². The van der Waals surface area contributed by atoms with Gasteiger partial charge in [-0.25, -0.2) is 14.3 Å². The minimum absolute atomic E-state index is 0.129. The van der Waals surface area contributed by atoms with Gasteiger partial charge < -0.3 is 14.8 Å². The number of hydrogen-bond acceptors (Lipinski definition) is 8. The van der Waals surface area contributed by atoms with Gasteiger partial charge in [0.1, 0.15) is 16.5 Å². The normalized spacial score (nSPS) is 10.9. The van der Waals surface area contributed by atoms with Gasteiger partial charge in [-0.1, -0.05) is 18.5 Å². The van der Waals surface area contributed by atoms with Crippen LogP contribution in [0.5, 0.6) is 0 Å². The summed E-state index contributed by atoms with van der Waals surface area (Å²) in [4.78, 5) is 38.2. The molecule has 1 amide bonds. The Bertz CT molecular complexity index is 1230. The number of hydrogen-bond donors (Lipinski definition) is 1. The average Bonchev–Trinajstić information content (AvgIpc) is 3.46. The van der Waals surface area contributed by atoms with E-state index >= 15 is 0 Å². The molecule has 0 aliphatic rings. The van der Waals surface area contributed by atoms with Crippen LogP contribution in [0, 0.1) is 20.8 Å². The van der Waals surface area contributed by atoms with E-state index in [1.165, 1.54) is 0 Å². The molecule has 0 unspecified atom stereocenters. The van der Waals surface area contributed by atoms with E-state index in [1.807, 2.05) is 20.8 Å². The summed E-state index contributed by atoms with van der Waals surface area (Å²) in [5.74, 6) is -1.72. The first kappa shape index (κ1) is 25.4. The standard InChI is InChI=1S/C22H26ClN5O5S/c1-6-10-33-21(30)16-12(3)18(22(31)32-7-2)34-20(16)24-19(29)15-8-9-27(26-15)11-28-14(5)17(23)13(4)25-28/h8-9H,6-7,10-11H2,1-5H3,(H,24,29). The van der Waals surface area contributed by atoms with Crippen molar-refractivity contribution in [3.63, 3.8) is 0 Å². The molecule has 0 fully saturated rings.